The SMILES string of the molecule is CNC(=O)C1(C)CCN(c2c(CO)c(C)nn2C)C1. The van der Waals surface area contributed by atoms with Gasteiger partial charge in [-0.15, -0.1) is 0 Å². The van der Waals surface area contributed by atoms with Crippen molar-refractivity contribution >= 4 is 11.7 Å². The summed E-state index contributed by atoms with van der Waals surface area (Å²) in [5.41, 5.74) is 1.32. The number of aliphatic hydroxyl groups excluding tert-OH is 1. The third-order valence-corrected chi connectivity index (χ3v) is 4.02. The van der Waals surface area contributed by atoms with Crippen molar-refractivity contribution in [3.63, 3.8) is 0 Å². The van der Waals surface area contributed by atoms with Crippen LogP contribution in [-0.4, -0.2) is 40.9 Å². The van der Waals surface area contributed by atoms with Gasteiger partial charge in [-0.1, -0.05) is 0 Å². The third kappa shape index (κ3) is 2.20. The van der Waals surface area contributed by atoms with Gasteiger partial charge in [-0.3, -0.25) is 9.48 Å². The summed E-state index contributed by atoms with van der Waals surface area (Å²) in [4.78, 5) is 14.1. The van der Waals surface area contributed by atoms with Gasteiger partial charge in [0.05, 0.1) is 17.7 Å². The molecule has 2 heterocycles. The average molecular weight is 266 g/mol. The maximum Gasteiger partial charge on any atom is 0.227 e. The van der Waals surface area contributed by atoms with Crippen molar-refractivity contribution in [3.8, 4) is 0 Å². The summed E-state index contributed by atoms with van der Waals surface area (Å²) < 4.78 is 1.79. The fraction of sp³-hybridized carbons (Fsp3) is 0.692. The van der Waals surface area contributed by atoms with E-state index in [0.29, 0.717) is 6.54 Å². The smallest absolute Gasteiger partial charge is 0.227 e. The third-order valence-electron chi connectivity index (χ3n) is 4.02. The Morgan fingerprint density at radius 2 is 2.26 bits per heavy atom. The molecule has 1 aliphatic rings. The van der Waals surface area contributed by atoms with Crippen LogP contribution in [0.4, 0.5) is 5.82 Å². The van der Waals surface area contributed by atoms with Gasteiger partial charge in [0.1, 0.15) is 5.82 Å². The van der Waals surface area contributed by atoms with Gasteiger partial charge in [0.15, 0.2) is 0 Å². The van der Waals surface area contributed by atoms with Crippen LogP contribution in [0.5, 0.6) is 0 Å². The monoisotopic (exact) mass is 266 g/mol. The fourth-order valence-corrected chi connectivity index (χ4v) is 2.90. The lowest BCUT2D eigenvalue weighted by Crippen LogP contribution is -2.39. The van der Waals surface area contributed by atoms with Crippen molar-refractivity contribution in [2.45, 2.75) is 26.9 Å². The first-order valence-corrected chi connectivity index (χ1v) is 6.53. The van der Waals surface area contributed by atoms with E-state index in [2.05, 4.69) is 15.3 Å². The Hall–Kier alpha value is -1.56. The van der Waals surface area contributed by atoms with E-state index in [4.69, 9.17) is 0 Å². The molecule has 1 aliphatic heterocycles. The number of hydrogen-bond acceptors (Lipinski definition) is 4. The van der Waals surface area contributed by atoms with E-state index in [1.165, 1.54) is 0 Å². The number of aryl methyl sites for hydroxylation is 2. The van der Waals surface area contributed by atoms with Gasteiger partial charge in [0, 0.05) is 32.7 Å². The highest BCUT2D eigenvalue weighted by Gasteiger charge is 2.41. The number of carbonyl (C=O) groups excluding carboxylic acids is 1. The summed E-state index contributed by atoms with van der Waals surface area (Å²) in [6.07, 6.45) is 0.807. The molecule has 0 aromatic carbocycles. The number of hydrogen-bond donors (Lipinski definition) is 2. The van der Waals surface area contributed by atoms with Gasteiger partial charge in [-0.2, -0.15) is 5.10 Å². The molecular weight excluding hydrogens is 244 g/mol. The molecule has 1 atom stereocenters. The highest BCUT2D eigenvalue weighted by atomic mass is 16.3. The van der Waals surface area contributed by atoms with Crippen molar-refractivity contribution in [3.05, 3.63) is 11.3 Å². The van der Waals surface area contributed by atoms with E-state index >= 15 is 0 Å². The van der Waals surface area contributed by atoms with Gasteiger partial charge in [-0.25, -0.2) is 0 Å². The van der Waals surface area contributed by atoms with Gasteiger partial charge >= 0.3 is 0 Å². The fourth-order valence-electron chi connectivity index (χ4n) is 2.90. The second kappa shape index (κ2) is 4.85. The zero-order valence-electron chi connectivity index (χ0n) is 12.0. The molecule has 0 bridgehead atoms. The molecule has 1 unspecified atom stereocenters. The summed E-state index contributed by atoms with van der Waals surface area (Å²) in [5, 5.41) is 16.6. The maximum atomic E-state index is 11.9. The molecule has 0 radical (unpaired) electrons. The van der Waals surface area contributed by atoms with E-state index in [1.807, 2.05) is 20.9 Å². The quantitative estimate of drug-likeness (QED) is 0.819. The zero-order chi connectivity index (χ0) is 14.2. The molecule has 1 fully saturated rings. The van der Waals surface area contributed by atoms with Crippen LogP contribution in [0.25, 0.3) is 0 Å². The van der Waals surface area contributed by atoms with Crippen molar-refractivity contribution < 1.29 is 9.90 Å². The van der Waals surface area contributed by atoms with Crippen LogP contribution < -0.4 is 10.2 Å². The lowest BCUT2D eigenvalue weighted by Gasteiger charge is -2.24. The lowest BCUT2D eigenvalue weighted by atomic mass is 9.89. The number of aromatic nitrogens is 2. The molecule has 106 valence electrons. The van der Waals surface area contributed by atoms with E-state index in [9.17, 15) is 9.90 Å². The number of aliphatic hydroxyl groups is 1. The van der Waals surface area contributed by atoms with E-state index < -0.39 is 0 Å². The Bertz CT molecular complexity index is 497. The Morgan fingerprint density at radius 1 is 1.58 bits per heavy atom. The molecule has 2 N–H and O–H groups in total. The number of carbonyl (C=O) groups is 1. The van der Waals surface area contributed by atoms with Gasteiger partial charge in [0.2, 0.25) is 5.91 Å². The highest BCUT2D eigenvalue weighted by Crippen LogP contribution is 2.35. The zero-order valence-corrected chi connectivity index (χ0v) is 12.0. The summed E-state index contributed by atoms with van der Waals surface area (Å²) in [7, 11) is 3.54. The molecule has 6 heteroatoms. The molecule has 0 aliphatic carbocycles. The minimum atomic E-state index is -0.375. The van der Waals surface area contributed by atoms with Gasteiger partial charge in [-0.05, 0) is 20.3 Å². The largest absolute Gasteiger partial charge is 0.391 e. The first kappa shape index (κ1) is 13.9. The number of nitrogens with zero attached hydrogens (tertiary/aromatic N) is 3. The van der Waals surface area contributed by atoms with Crippen molar-refractivity contribution in [2.75, 3.05) is 25.0 Å². The number of nitrogens with one attached hydrogen (secondary N) is 1. The second-order valence-electron chi connectivity index (χ2n) is 5.48. The minimum absolute atomic E-state index is 0.0256. The average Bonchev–Trinajstić information content (AvgIpc) is 2.89. The molecule has 6 nitrogen and oxygen atoms in total. The predicted molar refractivity (Wildman–Crippen MR) is 72.9 cm³/mol. The molecule has 2 rings (SSSR count). The van der Waals surface area contributed by atoms with E-state index in [0.717, 1.165) is 30.0 Å². The maximum absolute atomic E-state index is 11.9. The molecule has 1 amide bonds. The normalized spacial score (nSPS) is 22.9. The van der Waals surface area contributed by atoms with Crippen molar-refractivity contribution in [1.82, 2.24) is 15.1 Å². The van der Waals surface area contributed by atoms with Crippen LogP contribution in [0.2, 0.25) is 0 Å². The van der Waals surface area contributed by atoms with Gasteiger partial charge in [0.25, 0.3) is 0 Å². The summed E-state index contributed by atoms with van der Waals surface area (Å²) in [6, 6.07) is 0. The molecule has 1 aromatic heterocycles. The van der Waals surface area contributed by atoms with Crippen LogP contribution in [0.1, 0.15) is 24.6 Å². The Balaban J connectivity index is 2.29. The highest BCUT2D eigenvalue weighted by molar-refractivity contribution is 5.83. The van der Waals surface area contributed by atoms with Crippen molar-refractivity contribution in [2.24, 2.45) is 12.5 Å². The molecule has 0 spiro atoms. The van der Waals surface area contributed by atoms with Crippen LogP contribution in [0, 0.1) is 12.3 Å². The Labute approximate surface area is 113 Å². The van der Waals surface area contributed by atoms with E-state index in [1.54, 1.807) is 11.7 Å². The first-order chi connectivity index (χ1) is 8.92. The standard InChI is InChI=1S/C13H22N4O2/c1-9-10(7-18)11(16(4)15-9)17-6-5-13(2,8-17)12(19)14-3/h18H,5-8H2,1-4H3,(H,14,19). The predicted octanol–water partition coefficient (Wildman–Crippen LogP) is 0.183. The van der Waals surface area contributed by atoms with Crippen LogP contribution in [0.3, 0.4) is 0 Å². The Kier molecular flexibility index (Phi) is 3.54. The summed E-state index contributed by atoms with van der Waals surface area (Å²) >= 11 is 0. The van der Waals surface area contributed by atoms with Crippen molar-refractivity contribution in [1.29, 1.82) is 0 Å². The summed E-state index contributed by atoms with van der Waals surface area (Å²) in [5.74, 6) is 0.993. The molecule has 1 aromatic rings. The topological polar surface area (TPSA) is 70.4 Å². The first-order valence-electron chi connectivity index (χ1n) is 6.53. The summed E-state index contributed by atoms with van der Waals surface area (Å²) in [6.45, 7) is 5.30. The van der Waals surface area contributed by atoms with Crippen LogP contribution in [-0.2, 0) is 18.4 Å². The molecule has 19 heavy (non-hydrogen) atoms. The number of rotatable bonds is 3. The molecule has 0 saturated carbocycles. The number of amides is 1. The van der Waals surface area contributed by atoms with E-state index in [-0.39, 0.29) is 17.9 Å². The van der Waals surface area contributed by atoms with Crippen LogP contribution >= 0.6 is 0 Å². The Morgan fingerprint density at radius 3 is 2.84 bits per heavy atom. The number of anilines is 1. The molecule has 1 saturated heterocycles. The lowest BCUT2D eigenvalue weighted by molar-refractivity contribution is -0.128. The van der Waals surface area contributed by atoms with Crippen LogP contribution in [0.15, 0.2) is 0 Å². The second-order valence-corrected chi connectivity index (χ2v) is 5.48. The van der Waals surface area contributed by atoms with Gasteiger partial charge < -0.3 is 15.3 Å². The molecular formula is C13H22N4O2. The minimum Gasteiger partial charge on any atom is -0.391 e.